The molecule has 3 heteroatoms. The van der Waals surface area contributed by atoms with Crippen molar-refractivity contribution in [2.45, 2.75) is 19.4 Å². The molecule has 0 bridgehead atoms. The molecule has 3 rings (SSSR count). The topological polar surface area (TPSA) is 25.2 Å². The van der Waals surface area contributed by atoms with E-state index in [0.29, 0.717) is 12.0 Å². The maximum Gasteiger partial charge on any atom is 0.134 e. The van der Waals surface area contributed by atoms with Gasteiger partial charge in [-0.2, -0.15) is 0 Å². The van der Waals surface area contributed by atoms with Gasteiger partial charge in [-0.3, -0.25) is 0 Å². The number of benzene rings is 2. The second-order valence-corrected chi connectivity index (χ2v) is 5.09. The molecule has 1 aromatic heterocycles. The molecule has 0 radical (unpaired) electrons. The lowest BCUT2D eigenvalue weighted by Gasteiger charge is -2.17. The quantitative estimate of drug-likeness (QED) is 0.747. The third-order valence-electron chi connectivity index (χ3n) is 3.72. The average molecular weight is 283 g/mol. The van der Waals surface area contributed by atoms with Crippen LogP contribution in [0.5, 0.6) is 0 Å². The molecule has 1 heterocycles. The Labute approximate surface area is 123 Å². The van der Waals surface area contributed by atoms with E-state index in [4.69, 9.17) is 4.42 Å². The lowest BCUT2D eigenvalue weighted by atomic mass is 9.98. The zero-order valence-corrected chi connectivity index (χ0v) is 12.0. The Bertz CT molecular complexity index is 735. The second-order valence-electron chi connectivity index (χ2n) is 5.09. The molecule has 0 saturated carbocycles. The number of likely N-dealkylation sites (N-methyl/N-ethyl adjacent to an activating group) is 1. The smallest absolute Gasteiger partial charge is 0.134 e. The van der Waals surface area contributed by atoms with E-state index in [1.165, 1.54) is 6.07 Å². The SMILES string of the molecule is CCNC(Cc1ccccc1F)c1coc2ccccc12. The second kappa shape index (κ2) is 6.10. The molecule has 0 saturated heterocycles. The van der Waals surface area contributed by atoms with E-state index in [1.54, 1.807) is 12.3 Å². The first-order valence-corrected chi connectivity index (χ1v) is 7.22. The van der Waals surface area contributed by atoms with Gasteiger partial charge in [0.15, 0.2) is 0 Å². The Hall–Kier alpha value is -2.13. The van der Waals surface area contributed by atoms with Gasteiger partial charge >= 0.3 is 0 Å². The van der Waals surface area contributed by atoms with E-state index in [-0.39, 0.29) is 11.9 Å². The number of rotatable bonds is 5. The van der Waals surface area contributed by atoms with Gasteiger partial charge in [-0.05, 0) is 30.7 Å². The van der Waals surface area contributed by atoms with Crippen LogP contribution < -0.4 is 5.32 Å². The summed E-state index contributed by atoms with van der Waals surface area (Å²) < 4.78 is 19.5. The Morgan fingerprint density at radius 3 is 2.67 bits per heavy atom. The molecule has 0 aliphatic carbocycles. The van der Waals surface area contributed by atoms with Gasteiger partial charge in [-0.15, -0.1) is 0 Å². The summed E-state index contributed by atoms with van der Waals surface area (Å²) in [6.07, 6.45) is 2.38. The summed E-state index contributed by atoms with van der Waals surface area (Å²) >= 11 is 0. The van der Waals surface area contributed by atoms with E-state index < -0.39 is 0 Å². The van der Waals surface area contributed by atoms with Gasteiger partial charge in [0, 0.05) is 17.0 Å². The summed E-state index contributed by atoms with van der Waals surface area (Å²) in [6, 6.07) is 14.9. The fourth-order valence-corrected chi connectivity index (χ4v) is 2.69. The normalized spacial score (nSPS) is 12.7. The van der Waals surface area contributed by atoms with Crippen molar-refractivity contribution in [3.8, 4) is 0 Å². The predicted octanol–water partition coefficient (Wildman–Crippen LogP) is 4.47. The van der Waals surface area contributed by atoms with Crippen LogP contribution in [0, 0.1) is 5.82 Å². The largest absolute Gasteiger partial charge is 0.464 e. The van der Waals surface area contributed by atoms with Gasteiger partial charge in [0.25, 0.3) is 0 Å². The molecular weight excluding hydrogens is 265 g/mol. The summed E-state index contributed by atoms with van der Waals surface area (Å²) in [4.78, 5) is 0. The van der Waals surface area contributed by atoms with E-state index in [2.05, 4.69) is 12.2 Å². The van der Waals surface area contributed by atoms with Gasteiger partial charge < -0.3 is 9.73 Å². The van der Waals surface area contributed by atoms with E-state index in [9.17, 15) is 4.39 Å². The molecule has 2 nitrogen and oxygen atoms in total. The maximum absolute atomic E-state index is 13.9. The van der Waals surface area contributed by atoms with Crippen LogP contribution in [-0.2, 0) is 6.42 Å². The number of hydrogen-bond donors (Lipinski definition) is 1. The van der Waals surface area contributed by atoms with Crippen LogP contribution in [0.15, 0.2) is 59.2 Å². The number of para-hydroxylation sites is 1. The van der Waals surface area contributed by atoms with Crippen LogP contribution in [0.1, 0.15) is 24.1 Å². The number of hydrogen-bond acceptors (Lipinski definition) is 2. The van der Waals surface area contributed by atoms with Crippen LogP contribution in [0.3, 0.4) is 0 Å². The molecule has 108 valence electrons. The zero-order chi connectivity index (χ0) is 14.7. The predicted molar refractivity (Wildman–Crippen MR) is 82.7 cm³/mol. The van der Waals surface area contributed by atoms with Crippen molar-refractivity contribution in [3.05, 3.63) is 71.7 Å². The molecule has 3 aromatic rings. The molecule has 0 aliphatic rings. The van der Waals surface area contributed by atoms with Gasteiger partial charge in [-0.25, -0.2) is 4.39 Å². The highest BCUT2D eigenvalue weighted by molar-refractivity contribution is 5.81. The molecule has 1 unspecified atom stereocenters. The van der Waals surface area contributed by atoms with Crippen molar-refractivity contribution < 1.29 is 8.81 Å². The molecule has 1 N–H and O–H groups in total. The summed E-state index contributed by atoms with van der Waals surface area (Å²) in [5.74, 6) is -0.159. The van der Waals surface area contributed by atoms with Gasteiger partial charge in [0.1, 0.15) is 11.4 Å². The lowest BCUT2D eigenvalue weighted by molar-refractivity contribution is 0.519. The van der Waals surface area contributed by atoms with Crippen LogP contribution >= 0.6 is 0 Å². The van der Waals surface area contributed by atoms with E-state index >= 15 is 0 Å². The first kappa shape index (κ1) is 13.8. The third-order valence-corrected chi connectivity index (χ3v) is 3.72. The molecule has 0 aliphatic heterocycles. The summed E-state index contributed by atoms with van der Waals surface area (Å²) in [5, 5.41) is 4.51. The van der Waals surface area contributed by atoms with Crippen LogP contribution in [0.4, 0.5) is 4.39 Å². The van der Waals surface area contributed by atoms with Crippen molar-refractivity contribution in [2.24, 2.45) is 0 Å². The lowest BCUT2D eigenvalue weighted by Crippen LogP contribution is -2.23. The van der Waals surface area contributed by atoms with Gasteiger partial charge in [-0.1, -0.05) is 43.3 Å². The maximum atomic E-state index is 13.9. The molecular formula is C18H18FNO. The number of nitrogens with one attached hydrogen (secondary N) is 1. The fourth-order valence-electron chi connectivity index (χ4n) is 2.69. The Morgan fingerprint density at radius 2 is 1.86 bits per heavy atom. The highest BCUT2D eigenvalue weighted by atomic mass is 19.1. The molecule has 2 aromatic carbocycles. The standard InChI is InChI=1S/C18H18FNO/c1-2-20-17(11-13-7-3-5-9-16(13)19)15-12-21-18-10-6-4-8-14(15)18/h3-10,12,17,20H,2,11H2,1H3. The highest BCUT2D eigenvalue weighted by Gasteiger charge is 2.18. The van der Waals surface area contributed by atoms with Crippen molar-refractivity contribution >= 4 is 11.0 Å². The van der Waals surface area contributed by atoms with Crippen molar-refractivity contribution in [3.63, 3.8) is 0 Å². The van der Waals surface area contributed by atoms with E-state index in [1.807, 2.05) is 36.4 Å². The Balaban J connectivity index is 1.96. The third kappa shape index (κ3) is 2.83. The van der Waals surface area contributed by atoms with Gasteiger partial charge in [0.05, 0.1) is 6.26 Å². The monoisotopic (exact) mass is 283 g/mol. The van der Waals surface area contributed by atoms with Crippen LogP contribution in [0.25, 0.3) is 11.0 Å². The number of furan rings is 1. The first-order valence-electron chi connectivity index (χ1n) is 7.22. The van der Waals surface area contributed by atoms with Crippen molar-refractivity contribution in [1.29, 1.82) is 0 Å². The number of fused-ring (bicyclic) bond motifs is 1. The minimum absolute atomic E-state index is 0.0375. The first-order chi connectivity index (χ1) is 10.3. The summed E-state index contributed by atoms with van der Waals surface area (Å²) in [6.45, 7) is 2.87. The van der Waals surface area contributed by atoms with Crippen molar-refractivity contribution in [1.82, 2.24) is 5.32 Å². The summed E-state index contributed by atoms with van der Waals surface area (Å²) in [5.41, 5.74) is 2.66. The van der Waals surface area contributed by atoms with Crippen molar-refractivity contribution in [2.75, 3.05) is 6.54 Å². The van der Waals surface area contributed by atoms with Gasteiger partial charge in [0.2, 0.25) is 0 Å². The molecule has 0 amide bonds. The highest BCUT2D eigenvalue weighted by Crippen LogP contribution is 2.29. The molecule has 0 spiro atoms. The summed E-state index contributed by atoms with van der Waals surface area (Å²) in [7, 11) is 0. The zero-order valence-electron chi connectivity index (χ0n) is 12.0. The molecule has 21 heavy (non-hydrogen) atoms. The average Bonchev–Trinajstić information content (AvgIpc) is 2.93. The minimum atomic E-state index is -0.159. The minimum Gasteiger partial charge on any atom is -0.464 e. The fraction of sp³-hybridized carbons (Fsp3) is 0.222. The number of halogens is 1. The Morgan fingerprint density at radius 1 is 1.10 bits per heavy atom. The molecule has 1 atom stereocenters. The van der Waals surface area contributed by atoms with Crippen LogP contribution in [-0.4, -0.2) is 6.54 Å². The van der Waals surface area contributed by atoms with E-state index in [0.717, 1.165) is 23.1 Å². The Kier molecular flexibility index (Phi) is 4.02. The van der Waals surface area contributed by atoms with Crippen LogP contribution in [0.2, 0.25) is 0 Å². The molecule has 0 fully saturated rings.